The molecule has 1 aliphatic rings. The third-order valence-corrected chi connectivity index (χ3v) is 4.63. The SMILES string of the molecule is CC(C)c1ccc(OCCNC(=O)c2cn(C3CCNCC3)nn2)cc1. The Morgan fingerprint density at radius 1 is 1.31 bits per heavy atom. The predicted octanol–water partition coefficient (Wildman–Crippen LogP) is 2.13. The van der Waals surface area contributed by atoms with E-state index in [9.17, 15) is 4.79 Å². The number of aromatic nitrogens is 3. The minimum absolute atomic E-state index is 0.219. The van der Waals surface area contributed by atoms with Gasteiger partial charge in [0.05, 0.1) is 18.8 Å². The van der Waals surface area contributed by atoms with Crippen LogP contribution in [0.4, 0.5) is 0 Å². The van der Waals surface area contributed by atoms with Gasteiger partial charge in [0.15, 0.2) is 5.69 Å². The Morgan fingerprint density at radius 2 is 2.04 bits per heavy atom. The van der Waals surface area contributed by atoms with Gasteiger partial charge in [-0.15, -0.1) is 5.10 Å². The molecule has 1 fully saturated rings. The molecule has 7 heteroatoms. The molecule has 0 saturated carbocycles. The summed E-state index contributed by atoms with van der Waals surface area (Å²) in [6, 6.07) is 8.38. The zero-order chi connectivity index (χ0) is 18.4. The molecule has 0 bridgehead atoms. The van der Waals surface area contributed by atoms with Gasteiger partial charge >= 0.3 is 0 Å². The molecule has 1 amide bonds. The number of hydrogen-bond acceptors (Lipinski definition) is 5. The first-order chi connectivity index (χ1) is 12.6. The molecule has 0 unspecified atom stereocenters. The van der Waals surface area contributed by atoms with E-state index >= 15 is 0 Å². The van der Waals surface area contributed by atoms with Crippen LogP contribution in [-0.4, -0.2) is 47.1 Å². The van der Waals surface area contributed by atoms with Crippen molar-refractivity contribution in [2.24, 2.45) is 0 Å². The summed E-state index contributed by atoms with van der Waals surface area (Å²) in [6.45, 7) is 7.10. The van der Waals surface area contributed by atoms with Gasteiger partial charge in [-0.1, -0.05) is 31.2 Å². The van der Waals surface area contributed by atoms with Gasteiger partial charge in [-0.2, -0.15) is 0 Å². The highest BCUT2D eigenvalue weighted by molar-refractivity contribution is 5.91. The van der Waals surface area contributed by atoms with E-state index in [-0.39, 0.29) is 5.91 Å². The van der Waals surface area contributed by atoms with Crippen molar-refractivity contribution in [2.45, 2.75) is 38.6 Å². The normalized spacial score (nSPS) is 15.2. The highest BCUT2D eigenvalue weighted by Crippen LogP contribution is 2.18. The Kier molecular flexibility index (Phi) is 6.22. The van der Waals surface area contributed by atoms with Crippen LogP contribution in [0.25, 0.3) is 0 Å². The van der Waals surface area contributed by atoms with Crippen LogP contribution in [0.15, 0.2) is 30.5 Å². The maximum absolute atomic E-state index is 12.2. The van der Waals surface area contributed by atoms with Crippen LogP contribution in [0.3, 0.4) is 0 Å². The number of hydrogen-bond donors (Lipinski definition) is 2. The number of carbonyl (C=O) groups is 1. The molecular weight excluding hydrogens is 330 g/mol. The average Bonchev–Trinajstić information content (AvgIpc) is 3.16. The third kappa shape index (κ3) is 4.82. The number of carbonyl (C=O) groups excluding carboxylic acids is 1. The minimum atomic E-state index is -0.219. The van der Waals surface area contributed by atoms with Gasteiger partial charge in [-0.3, -0.25) is 4.79 Å². The molecule has 7 nitrogen and oxygen atoms in total. The van der Waals surface area contributed by atoms with E-state index in [1.165, 1.54) is 5.56 Å². The van der Waals surface area contributed by atoms with Crippen LogP contribution in [-0.2, 0) is 0 Å². The van der Waals surface area contributed by atoms with Gasteiger partial charge in [0, 0.05) is 0 Å². The predicted molar refractivity (Wildman–Crippen MR) is 99.5 cm³/mol. The summed E-state index contributed by atoms with van der Waals surface area (Å²) in [5.74, 6) is 1.09. The maximum atomic E-state index is 12.2. The summed E-state index contributed by atoms with van der Waals surface area (Å²) >= 11 is 0. The van der Waals surface area contributed by atoms with Crippen molar-refractivity contribution >= 4 is 5.91 Å². The lowest BCUT2D eigenvalue weighted by atomic mass is 10.0. The molecule has 2 aromatic rings. The van der Waals surface area contributed by atoms with Gasteiger partial charge in [0.25, 0.3) is 5.91 Å². The van der Waals surface area contributed by atoms with Crippen LogP contribution >= 0.6 is 0 Å². The van der Waals surface area contributed by atoms with E-state index in [1.54, 1.807) is 6.20 Å². The number of benzene rings is 1. The topological polar surface area (TPSA) is 81.1 Å². The molecule has 26 heavy (non-hydrogen) atoms. The highest BCUT2D eigenvalue weighted by atomic mass is 16.5. The Bertz CT molecular complexity index is 705. The third-order valence-electron chi connectivity index (χ3n) is 4.63. The second kappa shape index (κ2) is 8.80. The lowest BCUT2D eigenvalue weighted by molar-refractivity contribution is 0.0942. The van der Waals surface area contributed by atoms with Crippen LogP contribution in [0.5, 0.6) is 5.75 Å². The monoisotopic (exact) mass is 357 g/mol. The molecule has 1 aromatic heterocycles. The van der Waals surface area contributed by atoms with E-state index in [0.29, 0.717) is 30.8 Å². The summed E-state index contributed by atoms with van der Waals surface area (Å²) in [4.78, 5) is 12.2. The molecule has 0 spiro atoms. The lowest BCUT2D eigenvalue weighted by Gasteiger charge is -2.22. The van der Waals surface area contributed by atoms with Crippen molar-refractivity contribution < 1.29 is 9.53 Å². The van der Waals surface area contributed by atoms with E-state index < -0.39 is 0 Å². The van der Waals surface area contributed by atoms with Crippen molar-refractivity contribution in [3.63, 3.8) is 0 Å². The second-order valence-corrected chi connectivity index (χ2v) is 6.89. The van der Waals surface area contributed by atoms with Crippen molar-refractivity contribution in [3.8, 4) is 5.75 Å². The van der Waals surface area contributed by atoms with Gasteiger partial charge in [-0.25, -0.2) is 4.68 Å². The van der Waals surface area contributed by atoms with Gasteiger partial charge in [0.1, 0.15) is 12.4 Å². The molecule has 2 heterocycles. The van der Waals surface area contributed by atoms with E-state index in [1.807, 2.05) is 16.8 Å². The molecule has 2 N–H and O–H groups in total. The molecule has 1 aliphatic heterocycles. The molecule has 140 valence electrons. The quantitative estimate of drug-likeness (QED) is 0.742. The number of nitrogens with one attached hydrogen (secondary N) is 2. The Hall–Kier alpha value is -2.41. The zero-order valence-corrected chi connectivity index (χ0v) is 15.4. The average molecular weight is 357 g/mol. The summed E-state index contributed by atoms with van der Waals surface area (Å²) < 4.78 is 7.47. The number of ether oxygens (including phenoxy) is 1. The fourth-order valence-electron chi connectivity index (χ4n) is 3.00. The summed E-state index contributed by atoms with van der Waals surface area (Å²) in [5, 5.41) is 14.2. The lowest BCUT2D eigenvalue weighted by Crippen LogP contribution is -2.30. The number of rotatable bonds is 7. The molecule has 0 radical (unpaired) electrons. The van der Waals surface area contributed by atoms with Crippen molar-refractivity contribution in [2.75, 3.05) is 26.2 Å². The fraction of sp³-hybridized carbons (Fsp3) is 0.526. The van der Waals surface area contributed by atoms with E-state index in [0.717, 1.165) is 31.7 Å². The number of amides is 1. The summed E-state index contributed by atoms with van der Waals surface area (Å²) in [6.07, 6.45) is 3.75. The van der Waals surface area contributed by atoms with Crippen molar-refractivity contribution in [1.82, 2.24) is 25.6 Å². The second-order valence-electron chi connectivity index (χ2n) is 6.89. The Morgan fingerprint density at radius 3 is 2.73 bits per heavy atom. The first-order valence-electron chi connectivity index (χ1n) is 9.27. The van der Waals surface area contributed by atoms with Crippen molar-refractivity contribution in [3.05, 3.63) is 41.7 Å². The molecule has 1 saturated heterocycles. The zero-order valence-electron chi connectivity index (χ0n) is 15.4. The fourth-order valence-corrected chi connectivity index (χ4v) is 3.00. The van der Waals surface area contributed by atoms with Gasteiger partial charge in [-0.05, 0) is 49.5 Å². The largest absolute Gasteiger partial charge is 0.492 e. The van der Waals surface area contributed by atoms with Gasteiger partial charge in [0.2, 0.25) is 0 Å². The smallest absolute Gasteiger partial charge is 0.273 e. The summed E-state index contributed by atoms with van der Waals surface area (Å²) in [5.41, 5.74) is 1.63. The molecule has 0 atom stereocenters. The van der Waals surface area contributed by atoms with Crippen LogP contribution in [0.2, 0.25) is 0 Å². The first kappa shape index (κ1) is 18.4. The molecular formula is C19H27N5O2. The van der Waals surface area contributed by atoms with Crippen LogP contribution in [0, 0.1) is 0 Å². The first-order valence-corrected chi connectivity index (χ1v) is 9.27. The van der Waals surface area contributed by atoms with Crippen LogP contribution in [0.1, 0.15) is 54.7 Å². The highest BCUT2D eigenvalue weighted by Gasteiger charge is 2.18. The van der Waals surface area contributed by atoms with E-state index in [4.69, 9.17) is 4.74 Å². The molecule has 1 aromatic carbocycles. The Balaban J connectivity index is 1.42. The van der Waals surface area contributed by atoms with Crippen molar-refractivity contribution in [1.29, 1.82) is 0 Å². The molecule has 0 aliphatic carbocycles. The van der Waals surface area contributed by atoms with Gasteiger partial charge < -0.3 is 15.4 Å². The van der Waals surface area contributed by atoms with E-state index in [2.05, 4.69) is 46.9 Å². The standard InChI is InChI=1S/C19H27N5O2/c1-14(2)15-3-5-17(6-4-15)26-12-11-21-19(25)18-13-24(23-22-18)16-7-9-20-10-8-16/h3-6,13-14,16,20H,7-12H2,1-2H3,(H,21,25). The minimum Gasteiger partial charge on any atom is -0.492 e. The molecule has 3 rings (SSSR count). The number of nitrogens with zero attached hydrogens (tertiary/aromatic N) is 3. The number of piperidine rings is 1. The maximum Gasteiger partial charge on any atom is 0.273 e. The Labute approximate surface area is 154 Å². The van der Waals surface area contributed by atoms with Crippen LogP contribution < -0.4 is 15.4 Å². The summed E-state index contributed by atoms with van der Waals surface area (Å²) in [7, 11) is 0.